The van der Waals surface area contributed by atoms with Gasteiger partial charge >= 0.3 is 0 Å². The third kappa shape index (κ3) is 5.30. The minimum Gasteiger partial charge on any atom is -0.343 e. The molecule has 1 aromatic carbocycles. The number of piperidine rings is 1. The molecule has 0 saturated carbocycles. The topological polar surface area (TPSA) is 52.7 Å². The average molecular weight is 345 g/mol. The van der Waals surface area contributed by atoms with Crippen molar-refractivity contribution in [3.63, 3.8) is 0 Å². The van der Waals surface area contributed by atoms with Gasteiger partial charge in [0, 0.05) is 39.6 Å². The summed E-state index contributed by atoms with van der Waals surface area (Å²) in [4.78, 5) is 28.0. The van der Waals surface area contributed by atoms with Crippen molar-refractivity contribution in [3.8, 4) is 0 Å². The van der Waals surface area contributed by atoms with Crippen molar-refractivity contribution in [2.24, 2.45) is 5.92 Å². The maximum absolute atomic E-state index is 12.7. The highest BCUT2D eigenvalue weighted by Crippen LogP contribution is 2.21. The van der Waals surface area contributed by atoms with Crippen LogP contribution in [0, 0.1) is 5.92 Å². The molecule has 138 valence electrons. The summed E-state index contributed by atoms with van der Waals surface area (Å²) >= 11 is 0. The average Bonchev–Trinajstić information content (AvgIpc) is 2.61. The highest BCUT2D eigenvalue weighted by atomic mass is 16.2. The fourth-order valence-electron chi connectivity index (χ4n) is 3.61. The number of carbonyl (C=O) groups is 2. The summed E-state index contributed by atoms with van der Waals surface area (Å²) < 4.78 is 0. The highest BCUT2D eigenvalue weighted by molar-refractivity contribution is 5.81. The molecule has 0 aliphatic carbocycles. The SMILES string of the molecule is CC[C@@H]1CN(C(C)=O)CC[C@@H]1N[C@@H](C)C(=O)N(C)Cc1ccccc1. The van der Waals surface area contributed by atoms with Crippen LogP contribution in [0.25, 0.3) is 0 Å². The lowest BCUT2D eigenvalue weighted by Gasteiger charge is -2.39. The second kappa shape index (κ2) is 8.99. The zero-order valence-electron chi connectivity index (χ0n) is 15.9. The molecular weight excluding hydrogens is 314 g/mol. The molecule has 1 saturated heterocycles. The first-order chi connectivity index (χ1) is 11.9. The van der Waals surface area contributed by atoms with E-state index in [-0.39, 0.29) is 23.9 Å². The molecule has 0 bridgehead atoms. The summed E-state index contributed by atoms with van der Waals surface area (Å²) in [6.07, 6.45) is 1.90. The Kier molecular flexibility index (Phi) is 7.00. The minimum absolute atomic E-state index is 0.104. The van der Waals surface area contributed by atoms with E-state index in [2.05, 4.69) is 12.2 Å². The van der Waals surface area contributed by atoms with Crippen LogP contribution in [-0.4, -0.2) is 53.8 Å². The fraction of sp³-hybridized carbons (Fsp3) is 0.600. The first kappa shape index (κ1) is 19.4. The molecule has 1 aromatic rings. The number of benzene rings is 1. The number of amides is 2. The first-order valence-electron chi connectivity index (χ1n) is 9.22. The van der Waals surface area contributed by atoms with E-state index in [1.807, 2.05) is 49.2 Å². The molecule has 2 amide bonds. The van der Waals surface area contributed by atoms with Crippen LogP contribution >= 0.6 is 0 Å². The summed E-state index contributed by atoms with van der Waals surface area (Å²) in [7, 11) is 1.85. The summed E-state index contributed by atoms with van der Waals surface area (Å²) in [5.74, 6) is 0.642. The number of hydrogen-bond acceptors (Lipinski definition) is 3. The first-order valence-corrected chi connectivity index (χ1v) is 9.22. The van der Waals surface area contributed by atoms with Crippen LogP contribution in [-0.2, 0) is 16.1 Å². The Morgan fingerprint density at radius 1 is 1.32 bits per heavy atom. The van der Waals surface area contributed by atoms with Crippen LogP contribution in [0.2, 0.25) is 0 Å². The number of hydrogen-bond donors (Lipinski definition) is 1. The fourth-order valence-corrected chi connectivity index (χ4v) is 3.61. The molecule has 1 aliphatic rings. The minimum atomic E-state index is -0.225. The molecule has 3 atom stereocenters. The van der Waals surface area contributed by atoms with Gasteiger partial charge in [-0.05, 0) is 24.8 Å². The number of carbonyl (C=O) groups excluding carboxylic acids is 2. The Hall–Kier alpha value is -1.88. The molecule has 0 unspecified atom stereocenters. The van der Waals surface area contributed by atoms with Crippen LogP contribution in [0.5, 0.6) is 0 Å². The van der Waals surface area contributed by atoms with Gasteiger partial charge in [-0.3, -0.25) is 9.59 Å². The molecule has 0 spiro atoms. The molecule has 1 heterocycles. The summed E-state index contributed by atoms with van der Waals surface area (Å²) in [6.45, 7) is 7.89. The molecule has 1 N–H and O–H groups in total. The third-order valence-corrected chi connectivity index (χ3v) is 5.18. The van der Waals surface area contributed by atoms with Gasteiger partial charge in [0.15, 0.2) is 0 Å². The number of rotatable bonds is 6. The quantitative estimate of drug-likeness (QED) is 0.860. The maximum atomic E-state index is 12.7. The van der Waals surface area contributed by atoms with Gasteiger partial charge in [-0.25, -0.2) is 0 Å². The molecule has 5 nitrogen and oxygen atoms in total. The van der Waals surface area contributed by atoms with Gasteiger partial charge in [-0.2, -0.15) is 0 Å². The molecule has 25 heavy (non-hydrogen) atoms. The second-order valence-electron chi connectivity index (χ2n) is 7.10. The van der Waals surface area contributed by atoms with E-state index in [9.17, 15) is 9.59 Å². The largest absolute Gasteiger partial charge is 0.343 e. The van der Waals surface area contributed by atoms with Crippen molar-refractivity contribution >= 4 is 11.8 Å². The van der Waals surface area contributed by atoms with Crippen LogP contribution < -0.4 is 5.32 Å². The standard InChI is InChI=1S/C20H31N3O2/c1-5-18-14-23(16(3)24)12-11-19(18)21-15(2)20(25)22(4)13-17-9-7-6-8-10-17/h6-10,15,18-19,21H,5,11-14H2,1-4H3/t15-,18+,19-/m0/s1. The van der Waals surface area contributed by atoms with Gasteiger partial charge in [0.25, 0.3) is 0 Å². The zero-order valence-corrected chi connectivity index (χ0v) is 15.9. The Morgan fingerprint density at radius 2 is 2.00 bits per heavy atom. The number of nitrogens with one attached hydrogen (secondary N) is 1. The number of likely N-dealkylation sites (N-methyl/N-ethyl adjacent to an activating group) is 1. The van der Waals surface area contributed by atoms with Crippen LogP contribution in [0.4, 0.5) is 0 Å². The Bertz CT molecular complexity index is 576. The predicted octanol–water partition coefficient (Wildman–Crippen LogP) is 2.27. The summed E-state index contributed by atoms with van der Waals surface area (Å²) in [5.41, 5.74) is 1.13. The number of nitrogens with zero attached hydrogens (tertiary/aromatic N) is 2. The lowest BCUT2D eigenvalue weighted by molar-refractivity contribution is -0.134. The van der Waals surface area contributed by atoms with Crippen molar-refractivity contribution in [1.29, 1.82) is 0 Å². The molecule has 1 aliphatic heterocycles. The van der Waals surface area contributed by atoms with Crippen molar-refractivity contribution in [3.05, 3.63) is 35.9 Å². The van der Waals surface area contributed by atoms with Crippen LogP contribution in [0.1, 0.15) is 39.2 Å². The lowest BCUT2D eigenvalue weighted by atomic mass is 9.89. The molecule has 0 radical (unpaired) electrons. The van der Waals surface area contributed by atoms with Crippen molar-refractivity contribution in [1.82, 2.24) is 15.1 Å². The van der Waals surface area contributed by atoms with Crippen molar-refractivity contribution in [2.75, 3.05) is 20.1 Å². The van der Waals surface area contributed by atoms with E-state index < -0.39 is 0 Å². The Balaban J connectivity index is 1.90. The van der Waals surface area contributed by atoms with Crippen LogP contribution in [0.15, 0.2) is 30.3 Å². The maximum Gasteiger partial charge on any atom is 0.239 e. The van der Waals surface area contributed by atoms with Gasteiger partial charge in [-0.1, -0.05) is 43.7 Å². The van der Waals surface area contributed by atoms with Gasteiger partial charge in [-0.15, -0.1) is 0 Å². The van der Waals surface area contributed by atoms with Gasteiger partial charge < -0.3 is 15.1 Å². The third-order valence-electron chi connectivity index (χ3n) is 5.18. The molecule has 2 rings (SSSR count). The van der Waals surface area contributed by atoms with E-state index >= 15 is 0 Å². The van der Waals surface area contributed by atoms with Crippen LogP contribution in [0.3, 0.4) is 0 Å². The lowest BCUT2D eigenvalue weighted by Crippen LogP contribution is -2.55. The monoisotopic (exact) mass is 345 g/mol. The second-order valence-corrected chi connectivity index (χ2v) is 7.10. The Labute approximate surface area is 151 Å². The Morgan fingerprint density at radius 3 is 2.60 bits per heavy atom. The van der Waals surface area contributed by atoms with Gasteiger partial charge in [0.1, 0.15) is 0 Å². The summed E-state index contributed by atoms with van der Waals surface area (Å²) in [5, 5.41) is 3.52. The normalized spacial score (nSPS) is 21.7. The van der Waals surface area contributed by atoms with Crippen molar-refractivity contribution in [2.45, 2.75) is 52.2 Å². The molecule has 1 fully saturated rings. The van der Waals surface area contributed by atoms with E-state index in [1.54, 1.807) is 11.8 Å². The molecule has 0 aromatic heterocycles. The highest BCUT2D eigenvalue weighted by Gasteiger charge is 2.31. The predicted molar refractivity (Wildman–Crippen MR) is 100.0 cm³/mol. The van der Waals surface area contributed by atoms with Gasteiger partial charge in [0.05, 0.1) is 6.04 Å². The van der Waals surface area contributed by atoms with E-state index in [0.29, 0.717) is 12.5 Å². The van der Waals surface area contributed by atoms with E-state index in [4.69, 9.17) is 0 Å². The zero-order chi connectivity index (χ0) is 18.4. The van der Waals surface area contributed by atoms with E-state index in [1.165, 1.54) is 0 Å². The number of likely N-dealkylation sites (tertiary alicyclic amines) is 1. The molecule has 5 heteroatoms. The van der Waals surface area contributed by atoms with Gasteiger partial charge in [0.2, 0.25) is 11.8 Å². The smallest absolute Gasteiger partial charge is 0.239 e. The van der Waals surface area contributed by atoms with E-state index in [0.717, 1.165) is 31.5 Å². The summed E-state index contributed by atoms with van der Waals surface area (Å²) in [6, 6.07) is 10.1. The van der Waals surface area contributed by atoms with Crippen molar-refractivity contribution < 1.29 is 9.59 Å². The molecular formula is C20H31N3O2.